The maximum absolute atomic E-state index is 5.85. The van der Waals surface area contributed by atoms with Crippen LogP contribution in [0.3, 0.4) is 0 Å². The number of hydrogen-bond donors (Lipinski definition) is 1. The van der Waals surface area contributed by atoms with Crippen molar-refractivity contribution in [1.29, 1.82) is 0 Å². The van der Waals surface area contributed by atoms with Crippen molar-refractivity contribution in [3.05, 3.63) is 47.9 Å². The molecule has 0 radical (unpaired) electrons. The van der Waals surface area contributed by atoms with Crippen LogP contribution in [0.5, 0.6) is 5.75 Å². The van der Waals surface area contributed by atoms with Gasteiger partial charge in [-0.3, -0.25) is 0 Å². The molecule has 2 rings (SSSR count). The largest absolute Gasteiger partial charge is 0.485 e. The van der Waals surface area contributed by atoms with Gasteiger partial charge in [0.2, 0.25) is 0 Å². The maximum atomic E-state index is 5.85. The maximum Gasteiger partial charge on any atom is 0.174 e. The van der Waals surface area contributed by atoms with E-state index in [2.05, 4.69) is 5.16 Å². The van der Waals surface area contributed by atoms with E-state index in [4.69, 9.17) is 15.0 Å². The Kier molecular flexibility index (Phi) is 3.22. The highest BCUT2D eigenvalue weighted by molar-refractivity contribution is 5.35. The Hall–Kier alpha value is -1.81. The lowest BCUT2D eigenvalue weighted by Crippen LogP contribution is -2.07. The fourth-order valence-corrected chi connectivity index (χ4v) is 1.45. The lowest BCUT2D eigenvalue weighted by molar-refractivity contribution is 0.246. The number of nitrogens with two attached hydrogens (primary N) is 1. The average molecular weight is 218 g/mol. The van der Waals surface area contributed by atoms with Crippen LogP contribution in [0.1, 0.15) is 24.3 Å². The van der Waals surface area contributed by atoms with Gasteiger partial charge in [0.25, 0.3) is 0 Å². The number of aromatic nitrogens is 1. The van der Waals surface area contributed by atoms with Crippen molar-refractivity contribution >= 4 is 0 Å². The molecule has 2 aromatic rings. The van der Waals surface area contributed by atoms with Gasteiger partial charge in [0.1, 0.15) is 12.4 Å². The van der Waals surface area contributed by atoms with E-state index < -0.39 is 0 Å². The summed E-state index contributed by atoms with van der Waals surface area (Å²) in [5.74, 6) is 1.48. The van der Waals surface area contributed by atoms with Crippen molar-refractivity contribution in [2.45, 2.75) is 19.6 Å². The molecule has 16 heavy (non-hydrogen) atoms. The Balaban J connectivity index is 2.09. The molecule has 0 saturated heterocycles. The molecule has 0 saturated carbocycles. The van der Waals surface area contributed by atoms with Crippen LogP contribution < -0.4 is 10.5 Å². The van der Waals surface area contributed by atoms with Gasteiger partial charge in [-0.05, 0) is 13.0 Å². The summed E-state index contributed by atoms with van der Waals surface area (Å²) in [7, 11) is 0. The van der Waals surface area contributed by atoms with Gasteiger partial charge in [-0.2, -0.15) is 0 Å². The number of rotatable bonds is 4. The van der Waals surface area contributed by atoms with E-state index in [1.165, 1.54) is 0 Å². The fraction of sp³-hybridized carbons (Fsp3) is 0.250. The Bertz CT molecular complexity index is 438. The summed E-state index contributed by atoms with van der Waals surface area (Å²) in [6.45, 7) is 2.29. The van der Waals surface area contributed by atoms with Gasteiger partial charge in [0, 0.05) is 17.7 Å². The van der Waals surface area contributed by atoms with Crippen molar-refractivity contribution in [1.82, 2.24) is 5.16 Å². The van der Waals surface area contributed by atoms with Crippen LogP contribution in [-0.2, 0) is 6.61 Å². The molecule has 1 atom stereocenters. The van der Waals surface area contributed by atoms with Gasteiger partial charge in [-0.1, -0.05) is 23.4 Å². The zero-order valence-electron chi connectivity index (χ0n) is 9.09. The predicted molar refractivity (Wildman–Crippen MR) is 59.9 cm³/mol. The summed E-state index contributed by atoms with van der Waals surface area (Å²) in [4.78, 5) is 0. The second-order valence-corrected chi connectivity index (χ2v) is 3.59. The van der Waals surface area contributed by atoms with Crippen LogP contribution in [0.4, 0.5) is 0 Å². The summed E-state index contributed by atoms with van der Waals surface area (Å²) in [6, 6.07) is 9.44. The first-order valence-corrected chi connectivity index (χ1v) is 5.14. The van der Waals surface area contributed by atoms with E-state index in [9.17, 15) is 0 Å². The first-order valence-electron chi connectivity index (χ1n) is 5.14. The molecule has 0 aliphatic rings. The zero-order chi connectivity index (χ0) is 11.4. The third-order valence-electron chi connectivity index (χ3n) is 2.27. The fourth-order valence-electron chi connectivity index (χ4n) is 1.45. The second kappa shape index (κ2) is 4.81. The molecule has 0 bridgehead atoms. The molecule has 0 aliphatic heterocycles. The van der Waals surface area contributed by atoms with Crippen molar-refractivity contribution in [3.8, 4) is 5.75 Å². The first-order chi connectivity index (χ1) is 7.77. The van der Waals surface area contributed by atoms with Gasteiger partial charge in [-0.25, -0.2) is 0 Å². The zero-order valence-corrected chi connectivity index (χ0v) is 9.09. The normalized spacial score (nSPS) is 12.4. The number of benzene rings is 1. The molecule has 0 spiro atoms. The standard InChI is InChI=1S/C12H14N2O2/c1-9(13)11-4-2-3-5-12(11)15-8-10-6-7-14-16-10/h2-7,9H,8,13H2,1H3/t9-/m1/s1. The summed E-state index contributed by atoms with van der Waals surface area (Å²) in [6.07, 6.45) is 1.59. The Morgan fingerprint density at radius 1 is 1.38 bits per heavy atom. The van der Waals surface area contributed by atoms with Crippen LogP contribution in [-0.4, -0.2) is 5.16 Å². The van der Waals surface area contributed by atoms with Gasteiger partial charge in [0.15, 0.2) is 5.76 Å². The Labute approximate surface area is 94.0 Å². The van der Waals surface area contributed by atoms with Gasteiger partial charge in [0.05, 0.1) is 6.20 Å². The van der Waals surface area contributed by atoms with Crippen LogP contribution in [0.15, 0.2) is 41.1 Å². The van der Waals surface area contributed by atoms with E-state index in [0.717, 1.165) is 11.3 Å². The SMILES string of the molecule is C[C@@H](N)c1ccccc1OCc1ccno1. The minimum atomic E-state index is -0.0501. The molecular formula is C12H14N2O2. The first kappa shape index (κ1) is 10.7. The number of para-hydroxylation sites is 1. The molecule has 1 aromatic carbocycles. The van der Waals surface area contributed by atoms with Crippen molar-refractivity contribution in [3.63, 3.8) is 0 Å². The Morgan fingerprint density at radius 2 is 2.19 bits per heavy atom. The highest BCUT2D eigenvalue weighted by Gasteiger charge is 2.07. The minimum Gasteiger partial charge on any atom is -0.485 e. The average Bonchev–Trinajstić information content (AvgIpc) is 2.79. The smallest absolute Gasteiger partial charge is 0.174 e. The van der Waals surface area contributed by atoms with Gasteiger partial charge < -0.3 is 15.0 Å². The monoisotopic (exact) mass is 218 g/mol. The molecule has 0 aliphatic carbocycles. The molecule has 4 nitrogen and oxygen atoms in total. The highest BCUT2D eigenvalue weighted by atomic mass is 16.5. The summed E-state index contributed by atoms with van der Waals surface area (Å²) < 4.78 is 10.6. The van der Waals surface area contributed by atoms with Gasteiger partial charge in [-0.15, -0.1) is 0 Å². The lowest BCUT2D eigenvalue weighted by Gasteiger charge is -2.12. The summed E-state index contributed by atoms with van der Waals surface area (Å²) >= 11 is 0. The van der Waals surface area contributed by atoms with E-state index in [1.54, 1.807) is 12.3 Å². The van der Waals surface area contributed by atoms with E-state index in [0.29, 0.717) is 12.4 Å². The van der Waals surface area contributed by atoms with E-state index in [-0.39, 0.29) is 6.04 Å². The van der Waals surface area contributed by atoms with Crippen LogP contribution >= 0.6 is 0 Å². The molecule has 0 amide bonds. The molecule has 4 heteroatoms. The number of ether oxygens (including phenoxy) is 1. The van der Waals surface area contributed by atoms with E-state index in [1.807, 2.05) is 31.2 Å². The molecule has 1 aromatic heterocycles. The molecule has 0 fully saturated rings. The van der Waals surface area contributed by atoms with E-state index >= 15 is 0 Å². The molecule has 84 valence electrons. The van der Waals surface area contributed by atoms with Crippen molar-refractivity contribution < 1.29 is 9.26 Å². The van der Waals surface area contributed by atoms with Crippen molar-refractivity contribution in [2.24, 2.45) is 5.73 Å². The second-order valence-electron chi connectivity index (χ2n) is 3.59. The van der Waals surface area contributed by atoms with Crippen LogP contribution in [0, 0.1) is 0 Å². The molecule has 0 unspecified atom stereocenters. The van der Waals surface area contributed by atoms with Gasteiger partial charge >= 0.3 is 0 Å². The third kappa shape index (κ3) is 2.41. The summed E-state index contributed by atoms with van der Waals surface area (Å²) in [5.41, 5.74) is 6.84. The lowest BCUT2D eigenvalue weighted by atomic mass is 10.1. The number of nitrogens with zero attached hydrogens (tertiary/aromatic N) is 1. The molecule has 1 heterocycles. The minimum absolute atomic E-state index is 0.0501. The molecule has 2 N–H and O–H groups in total. The van der Waals surface area contributed by atoms with Crippen LogP contribution in [0.2, 0.25) is 0 Å². The third-order valence-corrected chi connectivity index (χ3v) is 2.27. The molecular weight excluding hydrogens is 204 g/mol. The Morgan fingerprint density at radius 3 is 2.88 bits per heavy atom. The highest BCUT2D eigenvalue weighted by Crippen LogP contribution is 2.23. The predicted octanol–water partition coefficient (Wildman–Crippen LogP) is 2.27. The van der Waals surface area contributed by atoms with Crippen LogP contribution in [0.25, 0.3) is 0 Å². The summed E-state index contributed by atoms with van der Waals surface area (Å²) in [5, 5.41) is 3.61. The quantitative estimate of drug-likeness (QED) is 0.855. The topological polar surface area (TPSA) is 61.3 Å². The number of hydrogen-bond acceptors (Lipinski definition) is 4. The van der Waals surface area contributed by atoms with Crippen molar-refractivity contribution in [2.75, 3.05) is 0 Å².